The van der Waals surface area contributed by atoms with Crippen molar-refractivity contribution in [1.29, 1.82) is 0 Å². The van der Waals surface area contributed by atoms with Crippen LogP contribution in [-0.2, 0) is 11.3 Å². The normalized spacial score (nSPS) is 14.0. The van der Waals surface area contributed by atoms with Crippen LogP contribution in [0.25, 0.3) is 22.4 Å². The molecule has 0 N–H and O–H groups in total. The van der Waals surface area contributed by atoms with E-state index in [1.165, 1.54) is 12.7 Å². The molecule has 7 nitrogen and oxygen atoms in total. The Bertz CT molecular complexity index is 1270. The second kappa shape index (κ2) is 10.4. The highest BCUT2D eigenvalue weighted by molar-refractivity contribution is 5.91. The van der Waals surface area contributed by atoms with Crippen LogP contribution in [0.3, 0.4) is 0 Å². The molecular formula is C28H27N5O2. The van der Waals surface area contributed by atoms with Gasteiger partial charge in [-0.1, -0.05) is 36.4 Å². The first kappa shape index (κ1) is 22.7. The monoisotopic (exact) mass is 465 g/mol. The van der Waals surface area contributed by atoms with Crippen LogP contribution >= 0.6 is 0 Å². The highest BCUT2D eigenvalue weighted by Crippen LogP contribution is 2.27. The van der Waals surface area contributed by atoms with Gasteiger partial charge >= 0.3 is 5.97 Å². The third-order valence-electron chi connectivity index (χ3n) is 6.23. The first-order chi connectivity index (χ1) is 17.2. The van der Waals surface area contributed by atoms with Gasteiger partial charge in [0.2, 0.25) is 0 Å². The molecule has 5 rings (SSSR count). The summed E-state index contributed by atoms with van der Waals surface area (Å²) in [7, 11) is 1.40. The van der Waals surface area contributed by atoms with Crippen LogP contribution in [0.1, 0.15) is 15.9 Å². The quantitative estimate of drug-likeness (QED) is 0.393. The van der Waals surface area contributed by atoms with E-state index in [4.69, 9.17) is 9.72 Å². The van der Waals surface area contributed by atoms with Gasteiger partial charge < -0.3 is 9.64 Å². The molecule has 0 spiro atoms. The molecule has 1 saturated heterocycles. The van der Waals surface area contributed by atoms with Gasteiger partial charge in [-0.3, -0.25) is 14.9 Å². The Balaban J connectivity index is 1.36. The average Bonchev–Trinajstić information content (AvgIpc) is 2.94. The van der Waals surface area contributed by atoms with Crippen LogP contribution in [0, 0.1) is 0 Å². The van der Waals surface area contributed by atoms with Crippen LogP contribution in [0.4, 0.5) is 5.82 Å². The molecule has 3 aromatic heterocycles. The van der Waals surface area contributed by atoms with Crippen LogP contribution in [-0.4, -0.2) is 59.1 Å². The van der Waals surface area contributed by atoms with Gasteiger partial charge in [-0.2, -0.15) is 0 Å². The summed E-state index contributed by atoms with van der Waals surface area (Å²) < 4.78 is 5.02. The van der Waals surface area contributed by atoms with Crippen molar-refractivity contribution in [2.75, 3.05) is 38.2 Å². The van der Waals surface area contributed by atoms with Crippen molar-refractivity contribution in [3.05, 3.63) is 96.6 Å². The lowest BCUT2D eigenvalue weighted by atomic mass is 10.0. The number of carbonyl (C=O) groups excluding carboxylic acids is 1. The molecule has 1 aliphatic heterocycles. The van der Waals surface area contributed by atoms with Gasteiger partial charge in [0.15, 0.2) is 0 Å². The van der Waals surface area contributed by atoms with Crippen molar-refractivity contribution in [1.82, 2.24) is 19.9 Å². The van der Waals surface area contributed by atoms with Crippen LogP contribution in [0.5, 0.6) is 0 Å². The summed E-state index contributed by atoms with van der Waals surface area (Å²) in [6.45, 7) is 4.36. The van der Waals surface area contributed by atoms with E-state index in [0.717, 1.165) is 60.9 Å². The molecule has 0 atom stereocenters. The number of rotatable bonds is 6. The molecule has 0 aliphatic carbocycles. The highest BCUT2D eigenvalue weighted by Gasteiger charge is 2.21. The first-order valence-corrected chi connectivity index (χ1v) is 11.7. The Morgan fingerprint density at radius 3 is 2.23 bits per heavy atom. The zero-order valence-corrected chi connectivity index (χ0v) is 19.7. The molecule has 0 bridgehead atoms. The summed E-state index contributed by atoms with van der Waals surface area (Å²) >= 11 is 0. The molecule has 1 aliphatic rings. The molecule has 176 valence electrons. The molecule has 4 aromatic rings. The first-order valence-electron chi connectivity index (χ1n) is 11.7. The summed E-state index contributed by atoms with van der Waals surface area (Å²) in [5, 5.41) is 0. The number of nitrogens with zero attached hydrogens (tertiary/aromatic N) is 5. The Morgan fingerprint density at radius 1 is 0.857 bits per heavy atom. The Kier molecular flexibility index (Phi) is 6.77. The van der Waals surface area contributed by atoms with Crippen molar-refractivity contribution in [3.8, 4) is 22.4 Å². The molecule has 1 fully saturated rings. The lowest BCUT2D eigenvalue weighted by Gasteiger charge is -2.35. The van der Waals surface area contributed by atoms with E-state index in [1.807, 2.05) is 48.8 Å². The summed E-state index contributed by atoms with van der Waals surface area (Å²) in [6, 6.07) is 19.8. The number of pyridine rings is 3. The fourth-order valence-corrected chi connectivity index (χ4v) is 4.31. The van der Waals surface area contributed by atoms with Gasteiger partial charge in [-0.25, -0.2) is 9.78 Å². The minimum absolute atomic E-state index is 0.364. The molecule has 0 amide bonds. The molecule has 0 saturated carbocycles. The smallest absolute Gasteiger partial charge is 0.338 e. The topological polar surface area (TPSA) is 71.5 Å². The Morgan fingerprint density at radius 2 is 1.57 bits per heavy atom. The molecule has 0 radical (unpaired) electrons. The standard InChI is InChI=1S/C28H27N5O2/c1-35-28(34)25-16-26(23-8-6-22(7-9-23)24-5-3-11-30-19-24)31-27(17-25)33-14-12-32(13-15-33)20-21-4-2-10-29-18-21/h2-11,16-19H,12-15,20H2,1H3. The van der Waals surface area contributed by atoms with Crippen molar-refractivity contribution >= 4 is 11.8 Å². The molecule has 35 heavy (non-hydrogen) atoms. The fourth-order valence-electron chi connectivity index (χ4n) is 4.31. The Hall–Kier alpha value is -4.10. The van der Waals surface area contributed by atoms with Crippen LogP contribution in [0.2, 0.25) is 0 Å². The van der Waals surface area contributed by atoms with Crippen molar-refractivity contribution in [2.45, 2.75) is 6.54 Å². The van der Waals surface area contributed by atoms with Gasteiger partial charge in [0, 0.05) is 63.1 Å². The van der Waals surface area contributed by atoms with Gasteiger partial charge in [-0.05, 0) is 41.0 Å². The zero-order valence-electron chi connectivity index (χ0n) is 19.7. The number of hydrogen-bond donors (Lipinski definition) is 0. The van der Waals surface area contributed by atoms with Crippen LogP contribution < -0.4 is 4.90 Å². The van der Waals surface area contributed by atoms with Gasteiger partial charge in [0.25, 0.3) is 0 Å². The minimum atomic E-state index is -0.364. The van der Waals surface area contributed by atoms with E-state index in [0.29, 0.717) is 5.56 Å². The highest BCUT2D eigenvalue weighted by atomic mass is 16.5. The molecule has 1 aromatic carbocycles. The Labute approximate surface area is 205 Å². The van der Waals surface area contributed by atoms with Gasteiger partial charge in [-0.15, -0.1) is 0 Å². The minimum Gasteiger partial charge on any atom is -0.465 e. The number of benzene rings is 1. The maximum Gasteiger partial charge on any atom is 0.338 e. The second-order valence-corrected chi connectivity index (χ2v) is 8.53. The molecule has 4 heterocycles. The second-order valence-electron chi connectivity index (χ2n) is 8.53. The van der Waals surface area contributed by atoms with E-state index < -0.39 is 0 Å². The van der Waals surface area contributed by atoms with E-state index in [9.17, 15) is 4.79 Å². The third kappa shape index (κ3) is 5.36. The zero-order chi connectivity index (χ0) is 24.0. The number of methoxy groups -OCH3 is 1. The predicted molar refractivity (Wildman–Crippen MR) is 136 cm³/mol. The summed E-state index contributed by atoms with van der Waals surface area (Å²) in [6.07, 6.45) is 7.32. The largest absolute Gasteiger partial charge is 0.465 e. The number of hydrogen-bond acceptors (Lipinski definition) is 7. The third-order valence-corrected chi connectivity index (χ3v) is 6.23. The maximum absolute atomic E-state index is 12.4. The van der Waals surface area contributed by atoms with E-state index in [2.05, 4.69) is 38.0 Å². The number of aromatic nitrogens is 3. The average molecular weight is 466 g/mol. The number of anilines is 1. The number of carbonyl (C=O) groups is 1. The number of ether oxygens (including phenoxy) is 1. The van der Waals surface area contributed by atoms with E-state index in [1.54, 1.807) is 18.5 Å². The lowest BCUT2D eigenvalue weighted by Crippen LogP contribution is -2.46. The summed E-state index contributed by atoms with van der Waals surface area (Å²) in [5.41, 5.74) is 5.54. The molecule has 7 heteroatoms. The van der Waals surface area contributed by atoms with Crippen molar-refractivity contribution < 1.29 is 9.53 Å². The van der Waals surface area contributed by atoms with Crippen molar-refractivity contribution in [2.24, 2.45) is 0 Å². The molecule has 0 unspecified atom stereocenters. The molecular weight excluding hydrogens is 438 g/mol. The van der Waals surface area contributed by atoms with Gasteiger partial charge in [0.1, 0.15) is 5.82 Å². The maximum atomic E-state index is 12.4. The SMILES string of the molecule is COC(=O)c1cc(-c2ccc(-c3cccnc3)cc2)nc(N2CCN(Cc3cccnc3)CC2)c1. The predicted octanol–water partition coefficient (Wildman–Crippen LogP) is 4.31. The fraction of sp³-hybridized carbons (Fsp3) is 0.214. The number of esters is 1. The lowest BCUT2D eigenvalue weighted by molar-refractivity contribution is 0.0600. The van der Waals surface area contributed by atoms with E-state index >= 15 is 0 Å². The van der Waals surface area contributed by atoms with Crippen LogP contribution in [0.15, 0.2) is 85.5 Å². The number of piperazine rings is 1. The summed E-state index contributed by atoms with van der Waals surface area (Å²) in [4.78, 5) is 30.4. The van der Waals surface area contributed by atoms with Gasteiger partial charge in [0.05, 0.1) is 18.4 Å². The summed E-state index contributed by atoms with van der Waals surface area (Å²) in [5.74, 6) is 0.428. The van der Waals surface area contributed by atoms with E-state index in [-0.39, 0.29) is 5.97 Å². The van der Waals surface area contributed by atoms with Crippen molar-refractivity contribution in [3.63, 3.8) is 0 Å².